The number of aliphatic hydroxyl groups is 1. The number of hydrogen-bond acceptors (Lipinski definition) is 3. The van der Waals surface area contributed by atoms with Crippen LogP contribution in [0.15, 0.2) is 0 Å². The van der Waals surface area contributed by atoms with Crippen LogP contribution in [0.25, 0.3) is 0 Å². The molecule has 0 aliphatic carbocycles. The first-order valence-corrected chi connectivity index (χ1v) is 5.93. The molecule has 1 heterocycles. The standard InChI is InChI=1S/C11H22N2O2/c14-10-4-1-6-12-11(15)5-9-13-7-2-3-8-13/h14H,1-10H2,(H,12,15). The fourth-order valence-corrected chi connectivity index (χ4v) is 1.82. The Morgan fingerprint density at radius 3 is 2.67 bits per heavy atom. The molecule has 15 heavy (non-hydrogen) atoms. The van der Waals surface area contributed by atoms with Gasteiger partial charge >= 0.3 is 0 Å². The van der Waals surface area contributed by atoms with E-state index in [0.717, 1.165) is 32.5 Å². The maximum Gasteiger partial charge on any atom is 0.221 e. The molecular formula is C11H22N2O2. The zero-order valence-corrected chi connectivity index (χ0v) is 9.37. The maximum absolute atomic E-state index is 11.4. The van der Waals surface area contributed by atoms with Crippen molar-refractivity contribution in [3.8, 4) is 0 Å². The summed E-state index contributed by atoms with van der Waals surface area (Å²) < 4.78 is 0. The molecule has 0 bridgehead atoms. The van der Waals surface area contributed by atoms with Gasteiger partial charge in [0.2, 0.25) is 5.91 Å². The first-order valence-electron chi connectivity index (χ1n) is 5.93. The monoisotopic (exact) mass is 214 g/mol. The normalized spacial score (nSPS) is 16.9. The number of carbonyl (C=O) groups is 1. The molecule has 0 saturated carbocycles. The van der Waals surface area contributed by atoms with E-state index < -0.39 is 0 Å². The van der Waals surface area contributed by atoms with Crippen molar-refractivity contribution in [2.45, 2.75) is 32.1 Å². The predicted molar refractivity (Wildman–Crippen MR) is 59.6 cm³/mol. The van der Waals surface area contributed by atoms with E-state index in [1.807, 2.05) is 0 Å². The molecule has 0 atom stereocenters. The van der Waals surface area contributed by atoms with Crippen molar-refractivity contribution in [3.63, 3.8) is 0 Å². The van der Waals surface area contributed by atoms with E-state index in [-0.39, 0.29) is 12.5 Å². The molecule has 88 valence electrons. The number of hydrogen-bond donors (Lipinski definition) is 2. The van der Waals surface area contributed by atoms with Crippen molar-refractivity contribution in [1.29, 1.82) is 0 Å². The van der Waals surface area contributed by atoms with Crippen LogP contribution in [0, 0.1) is 0 Å². The summed E-state index contributed by atoms with van der Waals surface area (Å²) in [7, 11) is 0. The maximum atomic E-state index is 11.4. The van der Waals surface area contributed by atoms with Gasteiger partial charge in [0.25, 0.3) is 0 Å². The minimum Gasteiger partial charge on any atom is -0.396 e. The van der Waals surface area contributed by atoms with E-state index in [9.17, 15) is 4.79 Å². The number of rotatable bonds is 7. The largest absolute Gasteiger partial charge is 0.396 e. The van der Waals surface area contributed by atoms with Crippen LogP contribution in [-0.4, -0.2) is 48.7 Å². The van der Waals surface area contributed by atoms with Gasteiger partial charge in [0.1, 0.15) is 0 Å². The average molecular weight is 214 g/mol. The summed E-state index contributed by atoms with van der Waals surface area (Å²) in [5, 5.41) is 11.4. The quantitative estimate of drug-likeness (QED) is 0.602. The Morgan fingerprint density at radius 2 is 2.00 bits per heavy atom. The van der Waals surface area contributed by atoms with Gasteiger partial charge in [0, 0.05) is 26.1 Å². The Balaban J connectivity index is 1.93. The highest BCUT2D eigenvalue weighted by Gasteiger charge is 2.12. The van der Waals surface area contributed by atoms with Crippen LogP contribution < -0.4 is 5.32 Å². The summed E-state index contributed by atoms with van der Waals surface area (Å²) in [5.41, 5.74) is 0. The highest BCUT2D eigenvalue weighted by Crippen LogP contribution is 2.07. The molecule has 1 amide bonds. The topological polar surface area (TPSA) is 52.6 Å². The van der Waals surface area contributed by atoms with Crippen molar-refractivity contribution in [2.24, 2.45) is 0 Å². The van der Waals surface area contributed by atoms with Crippen LogP contribution in [0.4, 0.5) is 0 Å². The average Bonchev–Trinajstić information content (AvgIpc) is 2.74. The fraction of sp³-hybridized carbons (Fsp3) is 0.909. The van der Waals surface area contributed by atoms with Crippen LogP contribution in [0.5, 0.6) is 0 Å². The molecule has 2 N–H and O–H groups in total. The van der Waals surface area contributed by atoms with Crippen LogP contribution in [0.1, 0.15) is 32.1 Å². The second kappa shape index (κ2) is 7.65. The number of amides is 1. The van der Waals surface area contributed by atoms with Gasteiger partial charge in [-0.05, 0) is 38.8 Å². The van der Waals surface area contributed by atoms with E-state index in [1.165, 1.54) is 12.8 Å². The first-order chi connectivity index (χ1) is 7.33. The zero-order valence-electron chi connectivity index (χ0n) is 9.37. The summed E-state index contributed by atoms with van der Waals surface area (Å²) >= 11 is 0. The molecule has 0 aromatic carbocycles. The summed E-state index contributed by atoms with van der Waals surface area (Å²) in [6, 6.07) is 0. The number of unbranched alkanes of at least 4 members (excludes halogenated alkanes) is 1. The van der Waals surface area contributed by atoms with E-state index >= 15 is 0 Å². The number of nitrogens with zero attached hydrogens (tertiary/aromatic N) is 1. The minimum absolute atomic E-state index is 0.139. The van der Waals surface area contributed by atoms with Gasteiger partial charge in [0.15, 0.2) is 0 Å². The molecule has 1 saturated heterocycles. The lowest BCUT2D eigenvalue weighted by Gasteiger charge is -2.13. The lowest BCUT2D eigenvalue weighted by Crippen LogP contribution is -2.29. The fourth-order valence-electron chi connectivity index (χ4n) is 1.82. The lowest BCUT2D eigenvalue weighted by molar-refractivity contribution is -0.121. The van der Waals surface area contributed by atoms with Crippen LogP contribution >= 0.6 is 0 Å². The predicted octanol–water partition coefficient (Wildman–Crippen LogP) is 0.361. The SMILES string of the molecule is O=C(CCN1CCCC1)NCCCCO. The van der Waals surface area contributed by atoms with Gasteiger partial charge in [-0.1, -0.05) is 0 Å². The summed E-state index contributed by atoms with van der Waals surface area (Å²) in [6.45, 7) is 4.10. The molecule has 1 fully saturated rings. The summed E-state index contributed by atoms with van der Waals surface area (Å²) in [5.74, 6) is 0.139. The molecule has 0 spiro atoms. The molecule has 0 aromatic heterocycles. The van der Waals surface area contributed by atoms with E-state index in [1.54, 1.807) is 0 Å². The van der Waals surface area contributed by atoms with Crippen LogP contribution in [0.2, 0.25) is 0 Å². The number of carbonyl (C=O) groups excluding carboxylic acids is 1. The van der Waals surface area contributed by atoms with Crippen LogP contribution in [-0.2, 0) is 4.79 Å². The van der Waals surface area contributed by atoms with Crippen molar-refractivity contribution < 1.29 is 9.90 Å². The first kappa shape index (κ1) is 12.5. The molecule has 1 aliphatic heterocycles. The molecule has 1 rings (SSSR count). The molecule has 4 heteroatoms. The van der Waals surface area contributed by atoms with Crippen molar-refractivity contribution >= 4 is 5.91 Å². The summed E-state index contributed by atoms with van der Waals surface area (Å²) in [4.78, 5) is 13.7. The zero-order chi connectivity index (χ0) is 10.9. The molecule has 1 aliphatic rings. The smallest absolute Gasteiger partial charge is 0.221 e. The van der Waals surface area contributed by atoms with Crippen molar-refractivity contribution in [3.05, 3.63) is 0 Å². The number of likely N-dealkylation sites (tertiary alicyclic amines) is 1. The third-order valence-corrected chi connectivity index (χ3v) is 2.76. The summed E-state index contributed by atoms with van der Waals surface area (Å²) in [6.07, 6.45) is 4.80. The second-order valence-corrected chi connectivity index (χ2v) is 4.08. The Morgan fingerprint density at radius 1 is 1.27 bits per heavy atom. The van der Waals surface area contributed by atoms with Gasteiger partial charge in [-0.2, -0.15) is 0 Å². The minimum atomic E-state index is 0.139. The highest BCUT2D eigenvalue weighted by atomic mass is 16.2. The van der Waals surface area contributed by atoms with Crippen molar-refractivity contribution in [2.75, 3.05) is 32.8 Å². The second-order valence-electron chi connectivity index (χ2n) is 4.08. The molecule has 4 nitrogen and oxygen atoms in total. The molecule has 0 aromatic rings. The number of nitrogens with one attached hydrogen (secondary N) is 1. The third kappa shape index (κ3) is 5.74. The Kier molecular flexibility index (Phi) is 6.36. The van der Waals surface area contributed by atoms with Gasteiger partial charge in [-0.25, -0.2) is 0 Å². The van der Waals surface area contributed by atoms with Crippen molar-refractivity contribution in [1.82, 2.24) is 10.2 Å². The van der Waals surface area contributed by atoms with Crippen LogP contribution in [0.3, 0.4) is 0 Å². The van der Waals surface area contributed by atoms with Gasteiger partial charge in [0.05, 0.1) is 0 Å². The molecule has 0 unspecified atom stereocenters. The number of aliphatic hydroxyl groups excluding tert-OH is 1. The lowest BCUT2D eigenvalue weighted by atomic mass is 10.3. The van der Waals surface area contributed by atoms with Gasteiger partial charge in [-0.3, -0.25) is 4.79 Å². The van der Waals surface area contributed by atoms with Gasteiger partial charge in [-0.15, -0.1) is 0 Å². The molecular weight excluding hydrogens is 192 g/mol. The van der Waals surface area contributed by atoms with E-state index in [0.29, 0.717) is 13.0 Å². The van der Waals surface area contributed by atoms with E-state index in [2.05, 4.69) is 10.2 Å². The Labute approximate surface area is 91.6 Å². The third-order valence-electron chi connectivity index (χ3n) is 2.76. The Bertz CT molecular complexity index is 179. The molecule has 0 radical (unpaired) electrons. The Hall–Kier alpha value is -0.610. The van der Waals surface area contributed by atoms with Gasteiger partial charge < -0.3 is 15.3 Å². The highest BCUT2D eigenvalue weighted by molar-refractivity contribution is 5.75. The van der Waals surface area contributed by atoms with E-state index in [4.69, 9.17) is 5.11 Å².